The summed E-state index contributed by atoms with van der Waals surface area (Å²) in [5.74, 6) is -0.00463. The summed E-state index contributed by atoms with van der Waals surface area (Å²) >= 11 is 0. The normalized spacial score (nSPS) is 45.3. The lowest BCUT2D eigenvalue weighted by molar-refractivity contribution is -0.146. The lowest BCUT2D eigenvalue weighted by atomic mass is 9.91. The number of carbonyl (C=O) groups is 1. The summed E-state index contributed by atoms with van der Waals surface area (Å²) in [5.41, 5.74) is 2.10. The van der Waals surface area contributed by atoms with Gasteiger partial charge in [0.15, 0.2) is 0 Å². The topological polar surface area (TPSA) is 47.6 Å². The van der Waals surface area contributed by atoms with Crippen molar-refractivity contribution in [2.75, 3.05) is 13.2 Å². The van der Waals surface area contributed by atoms with Crippen molar-refractivity contribution in [1.29, 1.82) is 0 Å². The Morgan fingerprint density at radius 3 is 3.20 bits per heavy atom. The fourth-order valence-corrected chi connectivity index (χ4v) is 1.29. The van der Waals surface area contributed by atoms with Crippen molar-refractivity contribution >= 4 is 5.97 Å². The van der Waals surface area contributed by atoms with Crippen LogP contribution in [0, 0.1) is 5.92 Å². The Hall–Kier alpha value is -0.610. The molecule has 2 atom stereocenters. The summed E-state index contributed by atoms with van der Waals surface area (Å²) in [6.07, 6.45) is 0. The fraction of sp³-hybridized carbons (Fsp3) is 0.833. The van der Waals surface area contributed by atoms with E-state index in [2.05, 4.69) is 5.48 Å². The predicted molar refractivity (Wildman–Crippen MR) is 31.9 cm³/mol. The molecule has 1 N–H and O–H groups in total. The minimum Gasteiger partial charge on any atom is -0.464 e. The van der Waals surface area contributed by atoms with Crippen molar-refractivity contribution < 1.29 is 14.4 Å². The second-order valence-corrected chi connectivity index (χ2v) is 2.91. The first kappa shape index (κ1) is 6.12. The fourth-order valence-electron chi connectivity index (χ4n) is 1.29. The molecule has 2 saturated heterocycles. The number of rotatable bonds is 0. The van der Waals surface area contributed by atoms with Gasteiger partial charge in [0.05, 0.1) is 13.2 Å². The third-order valence-electron chi connectivity index (χ3n) is 2.22. The first-order valence-electron chi connectivity index (χ1n) is 3.29. The molecule has 0 aromatic rings. The van der Waals surface area contributed by atoms with Crippen LogP contribution >= 0.6 is 0 Å². The molecule has 0 saturated carbocycles. The van der Waals surface area contributed by atoms with Crippen LogP contribution in [-0.4, -0.2) is 24.7 Å². The molecule has 0 aliphatic carbocycles. The molecule has 2 heterocycles. The lowest BCUT2D eigenvalue weighted by Gasteiger charge is -2.14. The van der Waals surface area contributed by atoms with Gasteiger partial charge in [0.2, 0.25) is 0 Å². The summed E-state index contributed by atoms with van der Waals surface area (Å²) in [4.78, 5) is 15.9. The third kappa shape index (κ3) is 0.552. The van der Waals surface area contributed by atoms with E-state index in [1.165, 1.54) is 0 Å². The molecule has 56 valence electrons. The van der Waals surface area contributed by atoms with Gasteiger partial charge in [0.1, 0.15) is 5.54 Å². The minimum atomic E-state index is -0.569. The van der Waals surface area contributed by atoms with Crippen LogP contribution in [0.2, 0.25) is 0 Å². The van der Waals surface area contributed by atoms with Crippen molar-refractivity contribution in [3.05, 3.63) is 0 Å². The first-order valence-corrected chi connectivity index (χ1v) is 3.29. The lowest BCUT2D eigenvalue weighted by Crippen LogP contribution is -2.44. The van der Waals surface area contributed by atoms with E-state index in [1.807, 2.05) is 0 Å². The maximum absolute atomic E-state index is 11.0. The zero-order chi connectivity index (χ0) is 7.19. The van der Waals surface area contributed by atoms with Gasteiger partial charge < -0.3 is 9.57 Å². The van der Waals surface area contributed by atoms with E-state index < -0.39 is 5.54 Å². The number of hydroxylamine groups is 1. The Labute approximate surface area is 58.4 Å². The molecule has 0 radical (unpaired) electrons. The Bertz CT molecular complexity index is 182. The largest absolute Gasteiger partial charge is 0.464 e. The Kier molecular flexibility index (Phi) is 1.04. The maximum Gasteiger partial charge on any atom is 0.328 e. The highest BCUT2D eigenvalue weighted by atomic mass is 16.7. The molecular weight excluding hydrogens is 134 g/mol. The number of nitrogens with one attached hydrogen (secondary N) is 1. The molecule has 2 rings (SSSR count). The molecule has 2 aliphatic rings. The molecule has 0 aromatic carbocycles. The molecule has 2 aliphatic heterocycles. The van der Waals surface area contributed by atoms with Gasteiger partial charge in [-0.05, 0) is 6.92 Å². The van der Waals surface area contributed by atoms with Crippen LogP contribution in [0.15, 0.2) is 0 Å². The van der Waals surface area contributed by atoms with Gasteiger partial charge in [0, 0.05) is 5.92 Å². The van der Waals surface area contributed by atoms with Crippen molar-refractivity contribution in [2.45, 2.75) is 12.5 Å². The molecule has 4 heteroatoms. The molecule has 0 aromatic heterocycles. The van der Waals surface area contributed by atoms with Crippen molar-refractivity contribution in [3.8, 4) is 0 Å². The molecule has 2 fully saturated rings. The van der Waals surface area contributed by atoms with E-state index in [4.69, 9.17) is 9.57 Å². The van der Waals surface area contributed by atoms with Crippen molar-refractivity contribution in [3.63, 3.8) is 0 Å². The molecule has 0 spiro atoms. The van der Waals surface area contributed by atoms with Crippen LogP contribution in [0.25, 0.3) is 0 Å². The Morgan fingerprint density at radius 2 is 2.50 bits per heavy atom. The number of cyclic esters (lactones) is 1. The van der Waals surface area contributed by atoms with Gasteiger partial charge in [-0.1, -0.05) is 0 Å². The second-order valence-electron chi connectivity index (χ2n) is 2.91. The van der Waals surface area contributed by atoms with Gasteiger partial charge >= 0.3 is 5.97 Å². The quantitative estimate of drug-likeness (QED) is 0.462. The van der Waals surface area contributed by atoms with E-state index in [1.54, 1.807) is 6.92 Å². The van der Waals surface area contributed by atoms with Gasteiger partial charge in [-0.2, -0.15) is 5.48 Å². The van der Waals surface area contributed by atoms with Crippen LogP contribution < -0.4 is 5.48 Å². The van der Waals surface area contributed by atoms with E-state index in [0.717, 1.165) is 0 Å². The first-order chi connectivity index (χ1) is 4.73. The van der Waals surface area contributed by atoms with Crippen molar-refractivity contribution in [2.24, 2.45) is 5.92 Å². The Morgan fingerprint density at radius 1 is 1.70 bits per heavy atom. The second kappa shape index (κ2) is 1.71. The summed E-state index contributed by atoms with van der Waals surface area (Å²) < 4.78 is 4.84. The number of hydrogen-bond acceptors (Lipinski definition) is 4. The average Bonchev–Trinajstić information content (AvgIpc) is 2.36. The summed E-state index contributed by atoms with van der Waals surface area (Å²) in [5, 5.41) is 0. The van der Waals surface area contributed by atoms with Gasteiger partial charge in [-0.15, -0.1) is 0 Å². The zero-order valence-corrected chi connectivity index (χ0v) is 5.72. The number of esters is 1. The van der Waals surface area contributed by atoms with E-state index in [0.29, 0.717) is 13.2 Å². The average molecular weight is 143 g/mol. The van der Waals surface area contributed by atoms with Crippen LogP contribution in [-0.2, 0) is 14.4 Å². The standard InChI is InChI=1S/C6H9NO3/c1-6-4(3-10-7-6)2-9-5(6)8/h4,7H,2-3H2,1H3/t4-,6+/m1/s1. The van der Waals surface area contributed by atoms with Crippen molar-refractivity contribution in [1.82, 2.24) is 5.48 Å². The van der Waals surface area contributed by atoms with E-state index in [-0.39, 0.29) is 11.9 Å². The molecule has 0 bridgehead atoms. The highest BCUT2D eigenvalue weighted by Crippen LogP contribution is 2.30. The number of fused-ring (bicyclic) bond motifs is 1. The van der Waals surface area contributed by atoms with E-state index >= 15 is 0 Å². The monoisotopic (exact) mass is 143 g/mol. The third-order valence-corrected chi connectivity index (χ3v) is 2.22. The minimum absolute atomic E-state index is 0.194. The molecular formula is C6H9NO3. The van der Waals surface area contributed by atoms with Crippen LogP contribution in [0.5, 0.6) is 0 Å². The molecule has 10 heavy (non-hydrogen) atoms. The maximum atomic E-state index is 11.0. The smallest absolute Gasteiger partial charge is 0.328 e. The zero-order valence-electron chi connectivity index (χ0n) is 5.72. The molecule has 0 amide bonds. The highest BCUT2D eigenvalue weighted by molar-refractivity contribution is 5.82. The summed E-state index contributed by atoms with van der Waals surface area (Å²) in [6, 6.07) is 0. The number of hydrogen-bond donors (Lipinski definition) is 1. The molecule has 0 unspecified atom stereocenters. The van der Waals surface area contributed by atoms with Gasteiger partial charge in [-0.3, -0.25) is 0 Å². The summed E-state index contributed by atoms with van der Waals surface area (Å²) in [7, 11) is 0. The Balaban J connectivity index is 2.30. The van der Waals surface area contributed by atoms with Crippen LogP contribution in [0.3, 0.4) is 0 Å². The van der Waals surface area contributed by atoms with E-state index in [9.17, 15) is 4.79 Å². The SMILES string of the molecule is C[C@]12NOC[C@H]1COC2=O. The van der Waals surface area contributed by atoms with Gasteiger partial charge in [0.25, 0.3) is 0 Å². The van der Waals surface area contributed by atoms with Gasteiger partial charge in [-0.25, -0.2) is 4.79 Å². The number of carbonyl (C=O) groups excluding carboxylic acids is 1. The van der Waals surface area contributed by atoms with Crippen LogP contribution in [0.1, 0.15) is 6.92 Å². The number of ether oxygens (including phenoxy) is 1. The predicted octanol–water partition coefficient (Wildman–Crippen LogP) is -0.547. The molecule has 4 nitrogen and oxygen atoms in total. The highest BCUT2D eigenvalue weighted by Gasteiger charge is 2.52. The van der Waals surface area contributed by atoms with Crippen LogP contribution in [0.4, 0.5) is 0 Å². The summed E-state index contributed by atoms with van der Waals surface area (Å²) in [6.45, 7) is 2.87.